The molecule has 0 aliphatic carbocycles. The van der Waals surface area contributed by atoms with Gasteiger partial charge in [-0.3, -0.25) is 4.79 Å². The van der Waals surface area contributed by atoms with Crippen molar-refractivity contribution in [2.45, 2.75) is 26.7 Å². The van der Waals surface area contributed by atoms with Crippen LogP contribution in [0.2, 0.25) is 0 Å². The molecule has 0 spiro atoms. The van der Waals surface area contributed by atoms with Crippen molar-refractivity contribution in [3.8, 4) is 28.8 Å². The van der Waals surface area contributed by atoms with Gasteiger partial charge in [-0.2, -0.15) is 10.4 Å². The van der Waals surface area contributed by atoms with Crippen molar-refractivity contribution < 1.29 is 9.53 Å². The molecular weight excluding hydrogens is 412 g/mol. The van der Waals surface area contributed by atoms with Gasteiger partial charge in [0.2, 0.25) is 0 Å². The number of aromatic nitrogens is 2. The van der Waals surface area contributed by atoms with Crippen molar-refractivity contribution in [1.82, 2.24) is 15.1 Å². The van der Waals surface area contributed by atoms with Gasteiger partial charge >= 0.3 is 0 Å². The predicted molar refractivity (Wildman–Crippen MR) is 131 cm³/mol. The minimum atomic E-state index is -0.452. The van der Waals surface area contributed by atoms with Crippen LogP contribution in [0.3, 0.4) is 0 Å². The quantitative estimate of drug-likeness (QED) is 0.202. The van der Waals surface area contributed by atoms with Gasteiger partial charge < -0.3 is 10.1 Å². The number of rotatable bonds is 10. The van der Waals surface area contributed by atoms with Crippen LogP contribution in [-0.2, 0) is 4.79 Å². The van der Waals surface area contributed by atoms with Crippen LogP contribution in [0, 0.1) is 18.3 Å². The van der Waals surface area contributed by atoms with Gasteiger partial charge in [-0.1, -0.05) is 37.6 Å². The molecule has 1 heterocycles. The summed E-state index contributed by atoms with van der Waals surface area (Å²) in [5.74, 6) is 0.359. The molecule has 1 aromatic heterocycles. The highest BCUT2D eigenvalue weighted by atomic mass is 16.5. The summed E-state index contributed by atoms with van der Waals surface area (Å²) in [6.07, 6.45) is 7.05. The molecule has 1 amide bonds. The Kier molecular flexibility index (Phi) is 8.20. The van der Waals surface area contributed by atoms with E-state index in [0.717, 1.165) is 35.4 Å². The number of nitrogens with one attached hydrogen (secondary N) is 1. The van der Waals surface area contributed by atoms with Gasteiger partial charge in [0.15, 0.2) is 0 Å². The fraction of sp³-hybridized carbons (Fsp3) is 0.222. The fourth-order valence-corrected chi connectivity index (χ4v) is 3.31. The Hall–Kier alpha value is -4.11. The third kappa shape index (κ3) is 5.98. The average molecular weight is 441 g/mol. The van der Waals surface area contributed by atoms with Crippen molar-refractivity contribution in [2.24, 2.45) is 0 Å². The van der Waals surface area contributed by atoms with Gasteiger partial charge in [-0.05, 0) is 55.3 Å². The lowest BCUT2D eigenvalue weighted by Crippen LogP contribution is -2.24. The number of nitrogens with zero attached hydrogens (tertiary/aromatic N) is 3. The molecule has 33 heavy (non-hydrogen) atoms. The normalized spacial score (nSPS) is 11.0. The highest BCUT2D eigenvalue weighted by molar-refractivity contribution is 6.02. The zero-order valence-corrected chi connectivity index (χ0v) is 19.0. The Morgan fingerprint density at radius 2 is 2.06 bits per heavy atom. The van der Waals surface area contributed by atoms with Crippen LogP contribution in [0.25, 0.3) is 23.0 Å². The van der Waals surface area contributed by atoms with E-state index in [1.165, 1.54) is 0 Å². The van der Waals surface area contributed by atoms with Crippen LogP contribution in [0.5, 0.6) is 5.75 Å². The number of para-hydroxylation sites is 1. The topological polar surface area (TPSA) is 79.9 Å². The average Bonchev–Trinajstić information content (AvgIpc) is 3.25. The van der Waals surface area contributed by atoms with Crippen LogP contribution < -0.4 is 10.1 Å². The van der Waals surface area contributed by atoms with Crippen molar-refractivity contribution in [3.05, 3.63) is 84.1 Å². The fourth-order valence-electron chi connectivity index (χ4n) is 3.31. The molecule has 168 valence electrons. The van der Waals surface area contributed by atoms with Gasteiger partial charge in [0.05, 0.1) is 12.3 Å². The Labute approximate surface area is 194 Å². The summed E-state index contributed by atoms with van der Waals surface area (Å²) in [4.78, 5) is 12.4. The van der Waals surface area contributed by atoms with Crippen LogP contribution >= 0.6 is 0 Å². The molecule has 6 nitrogen and oxygen atoms in total. The van der Waals surface area contributed by atoms with Gasteiger partial charge in [0, 0.05) is 23.9 Å². The van der Waals surface area contributed by atoms with Crippen molar-refractivity contribution in [2.75, 3.05) is 13.2 Å². The summed E-state index contributed by atoms with van der Waals surface area (Å²) in [6.45, 7) is 8.68. The van der Waals surface area contributed by atoms with Crippen LogP contribution in [0.1, 0.15) is 30.9 Å². The number of unbranched alkanes of at least 4 members (excludes halogenated alkanes) is 1. The zero-order chi connectivity index (χ0) is 23.6. The number of aryl methyl sites for hydroxylation is 1. The van der Waals surface area contributed by atoms with Gasteiger partial charge in [0.1, 0.15) is 23.1 Å². The Morgan fingerprint density at radius 3 is 2.73 bits per heavy atom. The monoisotopic (exact) mass is 440 g/mol. The number of carbonyl (C=O) groups excluding carboxylic acids is 1. The molecule has 0 aliphatic heterocycles. The molecule has 0 saturated carbocycles. The maximum atomic E-state index is 12.4. The van der Waals surface area contributed by atoms with Gasteiger partial charge in [0.25, 0.3) is 5.91 Å². The molecule has 1 N–H and O–H groups in total. The van der Waals surface area contributed by atoms with Crippen molar-refractivity contribution in [3.63, 3.8) is 0 Å². The van der Waals surface area contributed by atoms with Crippen molar-refractivity contribution >= 4 is 12.0 Å². The number of hydrogen-bond donors (Lipinski definition) is 1. The minimum absolute atomic E-state index is 0.00267. The van der Waals surface area contributed by atoms with Crippen LogP contribution in [0.15, 0.2) is 73.0 Å². The second kappa shape index (κ2) is 11.5. The zero-order valence-electron chi connectivity index (χ0n) is 19.0. The van der Waals surface area contributed by atoms with Crippen LogP contribution in [-0.4, -0.2) is 28.8 Å². The number of benzene rings is 2. The molecule has 6 heteroatoms. The van der Waals surface area contributed by atoms with Crippen LogP contribution in [0.4, 0.5) is 0 Å². The molecule has 0 bridgehead atoms. The second-order valence-electron chi connectivity index (χ2n) is 7.56. The SMILES string of the molecule is C=CCNC(=O)C(C#N)=Cc1cn(-c2ccccc2)nc1-c1ccc(OCCCC)cc1C. The highest BCUT2D eigenvalue weighted by Gasteiger charge is 2.16. The lowest BCUT2D eigenvalue weighted by atomic mass is 10.0. The van der Waals surface area contributed by atoms with E-state index in [1.54, 1.807) is 16.8 Å². The number of nitriles is 1. The summed E-state index contributed by atoms with van der Waals surface area (Å²) >= 11 is 0. The molecule has 0 unspecified atom stereocenters. The molecular formula is C27H28N4O2. The molecule has 0 atom stereocenters. The van der Waals surface area contributed by atoms with E-state index in [0.29, 0.717) is 17.9 Å². The molecule has 0 saturated heterocycles. The molecule has 0 radical (unpaired) electrons. The van der Waals surface area contributed by atoms with Gasteiger partial charge in [-0.25, -0.2) is 4.68 Å². The highest BCUT2D eigenvalue weighted by Crippen LogP contribution is 2.30. The molecule has 3 rings (SSSR count). The molecule has 2 aromatic carbocycles. The molecule has 3 aromatic rings. The Bertz CT molecular complexity index is 1190. The maximum Gasteiger partial charge on any atom is 0.262 e. The molecule has 0 fully saturated rings. The van der Waals surface area contributed by atoms with Crippen molar-refractivity contribution in [1.29, 1.82) is 5.26 Å². The summed E-state index contributed by atoms with van der Waals surface area (Å²) in [6, 6.07) is 17.6. The lowest BCUT2D eigenvalue weighted by Gasteiger charge is -2.09. The third-order valence-electron chi connectivity index (χ3n) is 5.05. The van der Waals surface area contributed by atoms with E-state index in [9.17, 15) is 10.1 Å². The second-order valence-corrected chi connectivity index (χ2v) is 7.56. The minimum Gasteiger partial charge on any atom is -0.494 e. The van der Waals surface area contributed by atoms with E-state index < -0.39 is 5.91 Å². The summed E-state index contributed by atoms with van der Waals surface area (Å²) in [5, 5.41) is 17.0. The molecule has 0 aliphatic rings. The van der Waals surface area contributed by atoms with E-state index in [-0.39, 0.29) is 12.1 Å². The predicted octanol–water partition coefficient (Wildman–Crippen LogP) is 5.24. The Morgan fingerprint density at radius 1 is 1.27 bits per heavy atom. The number of carbonyl (C=O) groups is 1. The van der Waals surface area contributed by atoms with E-state index in [2.05, 4.69) is 18.8 Å². The summed E-state index contributed by atoms with van der Waals surface area (Å²) in [7, 11) is 0. The first-order chi connectivity index (χ1) is 16.1. The van der Waals surface area contributed by atoms with E-state index in [1.807, 2.05) is 67.7 Å². The maximum absolute atomic E-state index is 12.4. The first kappa shape index (κ1) is 23.6. The van der Waals surface area contributed by atoms with E-state index >= 15 is 0 Å². The largest absolute Gasteiger partial charge is 0.494 e. The Balaban J connectivity index is 2.05. The van der Waals surface area contributed by atoms with E-state index in [4.69, 9.17) is 9.84 Å². The lowest BCUT2D eigenvalue weighted by molar-refractivity contribution is -0.116. The first-order valence-corrected chi connectivity index (χ1v) is 11.0. The standard InChI is InChI=1S/C27H28N4O2/c1-4-6-15-33-24-12-13-25(20(3)16-24)26-22(17-21(18-28)27(32)29-14-5-2)19-31(30-26)23-10-8-7-9-11-23/h5,7-13,16-17,19H,2,4,6,14-15H2,1,3H3,(H,29,32). The number of ether oxygens (including phenoxy) is 1. The summed E-state index contributed by atoms with van der Waals surface area (Å²) in [5.41, 5.74) is 4.13. The van der Waals surface area contributed by atoms with Gasteiger partial charge in [-0.15, -0.1) is 6.58 Å². The smallest absolute Gasteiger partial charge is 0.262 e. The number of hydrogen-bond acceptors (Lipinski definition) is 4. The summed E-state index contributed by atoms with van der Waals surface area (Å²) < 4.78 is 7.59. The first-order valence-electron chi connectivity index (χ1n) is 11.0. The third-order valence-corrected chi connectivity index (χ3v) is 5.05. The number of amides is 1.